The molecule has 0 saturated carbocycles. The quantitative estimate of drug-likeness (QED) is 0.828. The molecule has 0 radical (unpaired) electrons. The zero-order chi connectivity index (χ0) is 13.5. The van der Waals surface area contributed by atoms with E-state index in [0.29, 0.717) is 18.1 Å². The molecule has 0 aromatic heterocycles. The summed E-state index contributed by atoms with van der Waals surface area (Å²) in [7, 11) is 1.60. The molecular formula is C15H21NO3. The van der Waals surface area contributed by atoms with E-state index in [1.165, 1.54) is 12.8 Å². The lowest BCUT2D eigenvalue weighted by molar-refractivity contribution is 0.0476. The normalized spacial score (nSPS) is 16.1. The van der Waals surface area contributed by atoms with Crippen LogP contribution in [-0.2, 0) is 4.74 Å². The molecule has 0 unspecified atom stereocenters. The van der Waals surface area contributed by atoms with Crippen molar-refractivity contribution < 1.29 is 14.3 Å². The molecule has 1 aliphatic rings. The zero-order valence-corrected chi connectivity index (χ0v) is 11.4. The summed E-state index contributed by atoms with van der Waals surface area (Å²) in [5.41, 5.74) is 0.575. The molecule has 1 aromatic rings. The number of hydrogen-bond acceptors (Lipinski definition) is 4. The fourth-order valence-electron chi connectivity index (χ4n) is 2.30. The second kappa shape index (κ2) is 7.14. The standard InChI is InChI=1S/C15H21NO3/c1-18-14-4-2-13(3-5-14)15(17)19-11-8-12-6-9-16-10-7-12/h2-5,12,16H,6-11H2,1H3. The van der Waals surface area contributed by atoms with Crippen molar-refractivity contribution in [3.05, 3.63) is 29.8 Å². The topological polar surface area (TPSA) is 47.6 Å². The van der Waals surface area contributed by atoms with Gasteiger partial charge in [-0.2, -0.15) is 0 Å². The van der Waals surface area contributed by atoms with Crippen molar-refractivity contribution in [3.8, 4) is 5.75 Å². The molecule has 1 heterocycles. The molecule has 2 rings (SSSR count). The van der Waals surface area contributed by atoms with Crippen LogP contribution in [0.5, 0.6) is 5.75 Å². The summed E-state index contributed by atoms with van der Waals surface area (Å²) in [5.74, 6) is 1.17. The van der Waals surface area contributed by atoms with Gasteiger partial charge in [-0.15, -0.1) is 0 Å². The van der Waals surface area contributed by atoms with Crippen LogP contribution in [0.2, 0.25) is 0 Å². The highest BCUT2D eigenvalue weighted by molar-refractivity contribution is 5.89. The van der Waals surface area contributed by atoms with Gasteiger partial charge in [-0.3, -0.25) is 0 Å². The second-order valence-electron chi connectivity index (χ2n) is 4.85. The lowest BCUT2D eigenvalue weighted by atomic mass is 9.95. The predicted molar refractivity (Wildman–Crippen MR) is 73.5 cm³/mol. The van der Waals surface area contributed by atoms with E-state index in [9.17, 15) is 4.79 Å². The Hall–Kier alpha value is -1.55. The maximum atomic E-state index is 11.8. The van der Waals surface area contributed by atoms with Gasteiger partial charge in [0.05, 0.1) is 19.3 Å². The number of ether oxygens (including phenoxy) is 2. The average Bonchev–Trinajstić information content (AvgIpc) is 2.48. The highest BCUT2D eigenvalue weighted by atomic mass is 16.5. The van der Waals surface area contributed by atoms with E-state index < -0.39 is 0 Å². The van der Waals surface area contributed by atoms with Crippen LogP contribution in [-0.4, -0.2) is 32.8 Å². The smallest absolute Gasteiger partial charge is 0.338 e. The van der Waals surface area contributed by atoms with Crippen LogP contribution in [0.4, 0.5) is 0 Å². The number of piperidine rings is 1. The molecule has 1 aliphatic heterocycles. The summed E-state index contributed by atoms with van der Waals surface area (Å²) in [6.07, 6.45) is 3.32. The van der Waals surface area contributed by atoms with Crippen molar-refractivity contribution >= 4 is 5.97 Å². The van der Waals surface area contributed by atoms with E-state index in [1.54, 1.807) is 31.4 Å². The van der Waals surface area contributed by atoms with Crippen molar-refractivity contribution in [2.24, 2.45) is 5.92 Å². The first-order valence-electron chi connectivity index (χ1n) is 6.81. The third-order valence-corrected chi connectivity index (χ3v) is 3.54. The highest BCUT2D eigenvalue weighted by Gasteiger charge is 2.14. The summed E-state index contributed by atoms with van der Waals surface area (Å²) in [4.78, 5) is 11.8. The van der Waals surface area contributed by atoms with E-state index >= 15 is 0 Å². The average molecular weight is 263 g/mol. The molecule has 1 saturated heterocycles. The van der Waals surface area contributed by atoms with Crippen molar-refractivity contribution in [2.45, 2.75) is 19.3 Å². The number of carbonyl (C=O) groups excluding carboxylic acids is 1. The number of esters is 1. The Morgan fingerprint density at radius 3 is 2.58 bits per heavy atom. The van der Waals surface area contributed by atoms with Gasteiger partial charge in [-0.1, -0.05) is 0 Å². The van der Waals surface area contributed by atoms with Crippen LogP contribution in [0, 0.1) is 5.92 Å². The van der Waals surface area contributed by atoms with Gasteiger partial charge in [0.15, 0.2) is 0 Å². The van der Waals surface area contributed by atoms with E-state index in [-0.39, 0.29) is 5.97 Å². The van der Waals surface area contributed by atoms with Gasteiger partial charge in [0.25, 0.3) is 0 Å². The Morgan fingerprint density at radius 2 is 1.95 bits per heavy atom. The van der Waals surface area contributed by atoms with E-state index in [0.717, 1.165) is 25.3 Å². The fraction of sp³-hybridized carbons (Fsp3) is 0.533. The number of carbonyl (C=O) groups is 1. The predicted octanol–water partition coefficient (Wildman–Crippen LogP) is 2.24. The zero-order valence-electron chi connectivity index (χ0n) is 11.4. The van der Waals surface area contributed by atoms with Gasteiger partial charge < -0.3 is 14.8 Å². The molecule has 0 amide bonds. The molecule has 0 bridgehead atoms. The Labute approximate surface area is 114 Å². The van der Waals surface area contributed by atoms with Gasteiger partial charge in [0.1, 0.15) is 5.75 Å². The van der Waals surface area contributed by atoms with Gasteiger partial charge in [0, 0.05) is 0 Å². The lowest BCUT2D eigenvalue weighted by Gasteiger charge is -2.22. The van der Waals surface area contributed by atoms with Gasteiger partial charge in [0.2, 0.25) is 0 Å². The van der Waals surface area contributed by atoms with Crippen LogP contribution < -0.4 is 10.1 Å². The largest absolute Gasteiger partial charge is 0.497 e. The Morgan fingerprint density at radius 1 is 1.26 bits per heavy atom. The minimum Gasteiger partial charge on any atom is -0.497 e. The SMILES string of the molecule is COc1ccc(C(=O)OCCC2CCNCC2)cc1. The number of benzene rings is 1. The molecule has 19 heavy (non-hydrogen) atoms. The summed E-state index contributed by atoms with van der Waals surface area (Å²) in [6.45, 7) is 2.67. The number of nitrogens with one attached hydrogen (secondary N) is 1. The van der Waals surface area contributed by atoms with Crippen molar-refractivity contribution in [1.29, 1.82) is 0 Å². The fourth-order valence-corrected chi connectivity index (χ4v) is 2.30. The molecule has 1 N–H and O–H groups in total. The van der Waals surface area contributed by atoms with Crippen molar-refractivity contribution in [3.63, 3.8) is 0 Å². The van der Waals surface area contributed by atoms with Crippen molar-refractivity contribution in [2.75, 3.05) is 26.8 Å². The summed E-state index contributed by atoms with van der Waals surface area (Å²) < 4.78 is 10.4. The molecule has 0 aliphatic carbocycles. The second-order valence-corrected chi connectivity index (χ2v) is 4.85. The molecule has 4 nitrogen and oxygen atoms in total. The van der Waals surface area contributed by atoms with E-state index in [1.807, 2.05) is 0 Å². The summed E-state index contributed by atoms with van der Waals surface area (Å²) in [5, 5.41) is 3.33. The molecule has 1 fully saturated rings. The molecule has 0 spiro atoms. The molecule has 1 aromatic carbocycles. The van der Waals surface area contributed by atoms with Crippen LogP contribution in [0.3, 0.4) is 0 Å². The number of hydrogen-bond donors (Lipinski definition) is 1. The Balaban J connectivity index is 1.73. The minimum absolute atomic E-state index is 0.253. The Kier molecular flexibility index (Phi) is 5.21. The minimum atomic E-state index is -0.253. The first-order chi connectivity index (χ1) is 9.29. The summed E-state index contributed by atoms with van der Waals surface area (Å²) >= 11 is 0. The number of methoxy groups -OCH3 is 1. The van der Waals surface area contributed by atoms with Crippen LogP contribution >= 0.6 is 0 Å². The van der Waals surface area contributed by atoms with Crippen molar-refractivity contribution in [1.82, 2.24) is 5.32 Å². The van der Waals surface area contributed by atoms with Crippen LogP contribution in [0.15, 0.2) is 24.3 Å². The first kappa shape index (κ1) is 13.9. The van der Waals surface area contributed by atoms with Crippen LogP contribution in [0.1, 0.15) is 29.6 Å². The van der Waals surface area contributed by atoms with E-state index in [4.69, 9.17) is 9.47 Å². The summed E-state index contributed by atoms with van der Waals surface area (Å²) in [6, 6.07) is 6.99. The lowest BCUT2D eigenvalue weighted by Crippen LogP contribution is -2.28. The van der Waals surface area contributed by atoms with E-state index in [2.05, 4.69) is 5.32 Å². The monoisotopic (exact) mass is 263 g/mol. The maximum absolute atomic E-state index is 11.8. The van der Waals surface area contributed by atoms with Gasteiger partial charge in [-0.25, -0.2) is 4.79 Å². The Bertz CT molecular complexity index is 396. The third-order valence-electron chi connectivity index (χ3n) is 3.54. The number of rotatable bonds is 5. The van der Waals surface area contributed by atoms with Gasteiger partial charge in [-0.05, 0) is 62.5 Å². The van der Waals surface area contributed by atoms with Crippen LogP contribution in [0.25, 0.3) is 0 Å². The first-order valence-corrected chi connectivity index (χ1v) is 6.81. The molecular weight excluding hydrogens is 242 g/mol. The van der Waals surface area contributed by atoms with Gasteiger partial charge >= 0.3 is 5.97 Å². The highest BCUT2D eigenvalue weighted by Crippen LogP contribution is 2.16. The molecule has 4 heteroatoms. The third kappa shape index (κ3) is 4.24. The molecule has 0 atom stereocenters. The molecule has 104 valence electrons. The maximum Gasteiger partial charge on any atom is 0.338 e.